The molecule has 6 heteroatoms. The summed E-state index contributed by atoms with van der Waals surface area (Å²) < 4.78 is 5.11. The van der Waals surface area contributed by atoms with Crippen LogP contribution in [0.2, 0.25) is 0 Å². The number of nitrogens with zero attached hydrogens (tertiary/aromatic N) is 1. The Hall–Kier alpha value is -2.08. The number of amides is 1. The van der Waals surface area contributed by atoms with Gasteiger partial charge < -0.3 is 15.4 Å². The number of rotatable bonds is 7. The summed E-state index contributed by atoms with van der Waals surface area (Å²) in [6, 6.07) is 7.83. The number of thiazole rings is 1. The van der Waals surface area contributed by atoms with Crippen LogP contribution in [0.15, 0.2) is 29.6 Å². The molecule has 2 rings (SSSR count). The summed E-state index contributed by atoms with van der Waals surface area (Å²) in [6.45, 7) is 3.38. The molecule has 1 aromatic carbocycles. The van der Waals surface area contributed by atoms with Crippen molar-refractivity contribution in [1.29, 1.82) is 0 Å². The Labute approximate surface area is 128 Å². The largest absolute Gasteiger partial charge is 0.497 e. The zero-order chi connectivity index (χ0) is 15.1. The van der Waals surface area contributed by atoms with E-state index in [4.69, 9.17) is 4.74 Å². The number of aromatic nitrogens is 1. The number of benzene rings is 1. The number of hydrogen-bond acceptors (Lipinski definition) is 5. The van der Waals surface area contributed by atoms with Gasteiger partial charge in [-0.25, -0.2) is 4.98 Å². The van der Waals surface area contributed by atoms with E-state index in [-0.39, 0.29) is 5.91 Å². The predicted octanol–water partition coefficient (Wildman–Crippen LogP) is 2.56. The minimum absolute atomic E-state index is 0.135. The Bertz CT molecular complexity index is 581. The highest BCUT2D eigenvalue weighted by atomic mass is 32.1. The van der Waals surface area contributed by atoms with Crippen molar-refractivity contribution in [2.45, 2.75) is 13.3 Å². The molecule has 1 amide bonds. The van der Waals surface area contributed by atoms with Crippen LogP contribution in [0.5, 0.6) is 5.75 Å². The Morgan fingerprint density at radius 2 is 2.10 bits per heavy atom. The first-order valence-corrected chi connectivity index (χ1v) is 7.71. The van der Waals surface area contributed by atoms with Gasteiger partial charge in [-0.1, -0.05) is 12.1 Å². The molecule has 0 atom stereocenters. The second kappa shape index (κ2) is 7.64. The summed E-state index contributed by atoms with van der Waals surface area (Å²) >= 11 is 1.44. The van der Waals surface area contributed by atoms with Gasteiger partial charge >= 0.3 is 0 Å². The highest BCUT2D eigenvalue weighted by Crippen LogP contribution is 2.15. The standard InChI is InChI=1S/C15H19N3O2S/c1-3-16-15-18-13(10-21-15)14(19)17-9-8-11-4-6-12(20-2)7-5-11/h4-7,10H,3,8-9H2,1-2H3,(H,16,18)(H,17,19). The molecule has 0 saturated heterocycles. The summed E-state index contributed by atoms with van der Waals surface area (Å²) in [5.74, 6) is 0.699. The summed E-state index contributed by atoms with van der Waals surface area (Å²) in [5, 5.41) is 8.51. The van der Waals surface area contributed by atoms with Gasteiger partial charge in [0.1, 0.15) is 11.4 Å². The van der Waals surface area contributed by atoms with Crippen molar-refractivity contribution >= 4 is 22.4 Å². The van der Waals surface area contributed by atoms with Gasteiger partial charge in [0.25, 0.3) is 5.91 Å². The molecular weight excluding hydrogens is 286 g/mol. The van der Waals surface area contributed by atoms with E-state index in [1.165, 1.54) is 11.3 Å². The van der Waals surface area contributed by atoms with E-state index >= 15 is 0 Å². The Kier molecular flexibility index (Phi) is 5.57. The number of anilines is 1. The van der Waals surface area contributed by atoms with E-state index in [0.717, 1.165) is 29.4 Å². The van der Waals surface area contributed by atoms with Gasteiger partial charge in [0.05, 0.1) is 7.11 Å². The second-order valence-corrected chi connectivity index (χ2v) is 5.28. The molecule has 0 saturated carbocycles. The fraction of sp³-hybridized carbons (Fsp3) is 0.333. The van der Waals surface area contributed by atoms with Crippen molar-refractivity contribution in [3.8, 4) is 5.75 Å². The van der Waals surface area contributed by atoms with E-state index < -0.39 is 0 Å². The van der Waals surface area contributed by atoms with Crippen LogP contribution >= 0.6 is 11.3 Å². The van der Waals surface area contributed by atoms with E-state index in [2.05, 4.69) is 15.6 Å². The van der Waals surface area contributed by atoms with Crippen LogP contribution in [0.3, 0.4) is 0 Å². The minimum atomic E-state index is -0.135. The van der Waals surface area contributed by atoms with Crippen LogP contribution in [0.1, 0.15) is 23.0 Å². The van der Waals surface area contributed by atoms with Crippen molar-refractivity contribution in [2.24, 2.45) is 0 Å². The zero-order valence-corrected chi connectivity index (χ0v) is 13.0. The zero-order valence-electron chi connectivity index (χ0n) is 12.2. The molecule has 1 heterocycles. The van der Waals surface area contributed by atoms with Gasteiger partial charge in [-0.2, -0.15) is 0 Å². The highest BCUT2D eigenvalue weighted by Gasteiger charge is 2.09. The van der Waals surface area contributed by atoms with Gasteiger partial charge in [0, 0.05) is 18.5 Å². The number of nitrogens with one attached hydrogen (secondary N) is 2. The van der Waals surface area contributed by atoms with Crippen molar-refractivity contribution in [3.05, 3.63) is 40.9 Å². The lowest BCUT2D eigenvalue weighted by Gasteiger charge is -2.05. The average molecular weight is 305 g/mol. The third-order valence-corrected chi connectivity index (χ3v) is 3.72. The Morgan fingerprint density at radius 3 is 2.76 bits per heavy atom. The molecule has 0 aliphatic heterocycles. The van der Waals surface area contributed by atoms with Crippen LogP contribution in [-0.2, 0) is 6.42 Å². The number of methoxy groups -OCH3 is 1. The molecule has 21 heavy (non-hydrogen) atoms. The van der Waals surface area contributed by atoms with Crippen LogP contribution in [0.25, 0.3) is 0 Å². The molecule has 2 N–H and O–H groups in total. The third-order valence-electron chi connectivity index (χ3n) is 2.92. The van der Waals surface area contributed by atoms with Crippen molar-refractivity contribution in [1.82, 2.24) is 10.3 Å². The number of carbonyl (C=O) groups is 1. The maximum Gasteiger partial charge on any atom is 0.270 e. The number of hydrogen-bond donors (Lipinski definition) is 2. The molecule has 2 aromatic rings. The van der Waals surface area contributed by atoms with E-state index in [0.29, 0.717) is 12.2 Å². The molecule has 0 bridgehead atoms. The molecule has 5 nitrogen and oxygen atoms in total. The van der Waals surface area contributed by atoms with Crippen LogP contribution in [-0.4, -0.2) is 31.1 Å². The first-order chi connectivity index (χ1) is 10.2. The molecular formula is C15H19N3O2S. The van der Waals surface area contributed by atoms with Gasteiger partial charge in [0.2, 0.25) is 0 Å². The summed E-state index contributed by atoms with van der Waals surface area (Å²) in [7, 11) is 1.64. The molecule has 0 fully saturated rings. The van der Waals surface area contributed by atoms with Crippen molar-refractivity contribution in [2.75, 3.05) is 25.5 Å². The Balaban J connectivity index is 1.80. The lowest BCUT2D eigenvalue weighted by atomic mass is 10.1. The SMILES string of the molecule is CCNc1nc(C(=O)NCCc2ccc(OC)cc2)cs1. The number of carbonyl (C=O) groups excluding carboxylic acids is 1. The van der Waals surface area contributed by atoms with Crippen LogP contribution in [0.4, 0.5) is 5.13 Å². The molecule has 0 aliphatic carbocycles. The van der Waals surface area contributed by atoms with E-state index in [1.807, 2.05) is 31.2 Å². The smallest absolute Gasteiger partial charge is 0.270 e. The van der Waals surface area contributed by atoms with Gasteiger partial charge in [-0.15, -0.1) is 11.3 Å². The monoisotopic (exact) mass is 305 g/mol. The van der Waals surface area contributed by atoms with Gasteiger partial charge in [-0.3, -0.25) is 4.79 Å². The van der Waals surface area contributed by atoms with Gasteiger partial charge in [0.15, 0.2) is 5.13 Å². The van der Waals surface area contributed by atoms with Gasteiger partial charge in [-0.05, 0) is 31.0 Å². The summed E-state index contributed by atoms with van der Waals surface area (Å²) in [6.07, 6.45) is 0.778. The Morgan fingerprint density at radius 1 is 1.33 bits per heavy atom. The first kappa shape index (κ1) is 15.3. The van der Waals surface area contributed by atoms with E-state index in [1.54, 1.807) is 12.5 Å². The third kappa shape index (κ3) is 4.46. The summed E-state index contributed by atoms with van der Waals surface area (Å²) in [5.41, 5.74) is 1.62. The minimum Gasteiger partial charge on any atom is -0.497 e. The lowest BCUT2D eigenvalue weighted by molar-refractivity contribution is 0.0950. The molecule has 112 valence electrons. The highest BCUT2D eigenvalue weighted by molar-refractivity contribution is 7.13. The maximum absolute atomic E-state index is 11.9. The molecule has 1 aromatic heterocycles. The fourth-order valence-electron chi connectivity index (χ4n) is 1.81. The lowest BCUT2D eigenvalue weighted by Crippen LogP contribution is -2.26. The van der Waals surface area contributed by atoms with Crippen LogP contribution < -0.4 is 15.4 Å². The number of ether oxygens (including phenoxy) is 1. The molecule has 0 radical (unpaired) electrons. The second-order valence-electron chi connectivity index (χ2n) is 4.42. The normalized spacial score (nSPS) is 10.2. The average Bonchev–Trinajstić information content (AvgIpc) is 2.97. The van der Waals surface area contributed by atoms with Crippen molar-refractivity contribution in [3.63, 3.8) is 0 Å². The fourth-order valence-corrected chi connectivity index (χ4v) is 2.58. The van der Waals surface area contributed by atoms with Crippen molar-refractivity contribution < 1.29 is 9.53 Å². The molecule has 0 aliphatic rings. The van der Waals surface area contributed by atoms with Crippen LogP contribution in [0, 0.1) is 0 Å². The maximum atomic E-state index is 11.9. The predicted molar refractivity (Wildman–Crippen MR) is 85.3 cm³/mol. The first-order valence-electron chi connectivity index (χ1n) is 6.83. The summed E-state index contributed by atoms with van der Waals surface area (Å²) in [4.78, 5) is 16.2. The quantitative estimate of drug-likeness (QED) is 0.825. The molecule has 0 spiro atoms. The topological polar surface area (TPSA) is 63.2 Å². The molecule has 0 unspecified atom stereocenters. The van der Waals surface area contributed by atoms with E-state index in [9.17, 15) is 4.79 Å².